The number of nitrogens with one attached hydrogen (secondary N) is 1. The lowest BCUT2D eigenvalue weighted by Gasteiger charge is -2.11. The van der Waals surface area contributed by atoms with Gasteiger partial charge >= 0.3 is 0 Å². The van der Waals surface area contributed by atoms with Crippen LogP contribution in [0.1, 0.15) is 72.0 Å². The van der Waals surface area contributed by atoms with Crippen molar-refractivity contribution in [1.29, 1.82) is 0 Å². The molecule has 0 aliphatic heterocycles. The van der Waals surface area contributed by atoms with Crippen molar-refractivity contribution >= 4 is 6.29 Å². The van der Waals surface area contributed by atoms with Crippen LogP contribution >= 0.6 is 0 Å². The lowest BCUT2D eigenvalue weighted by atomic mass is 9.97. The molecule has 0 fully saturated rings. The normalized spacial score (nSPS) is 10.9. The maximum absolute atomic E-state index is 10.6. The zero-order valence-corrected chi connectivity index (χ0v) is 20.7. The van der Waals surface area contributed by atoms with Crippen LogP contribution in [0.5, 0.6) is 0 Å². The highest BCUT2D eigenvalue weighted by Gasteiger charge is 2.18. The second-order valence-electron chi connectivity index (χ2n) is 6.65. The number of hydrogen-bond acceptors (Lipinski definition) is 5. The minimum atomic E-state index is -0.417. The van der Waals surface area contributed by atoms with Gasteiger partial charge in [0.2, 0.25) is 0 Å². The van der Waals surface area contributed by atoms with E-state index in [-0.39, 0.29) is 0 Å². The van der Waals surface area contributed by atoms with E-state index < -0.39 is 6.67 Å². The first-order valence-corrected chi connectivity index (χ1v) is 11.4. The first-order valence-electron chi connectivity index (χ1n) is 11.4. The van der Waals surface area contributed by atoms with Crippen LogP contribution in [0.2, 0.25) is 0 Å². The van der Waals surface area contributed by atoms with E-state index in [4.69, 9.17) is 4.52 Å². The van der Waals surface area contributed by atoms with E-state index in [1.54, 1.807) is 13.0 Å². The Morgan fingerprint density at radius 1 is 1.25 bits per heavy atom. The molecular weight excluding hydrogens is 405 g/mol. The van der Waals surface area contributed by atoms with Crippen LogP contribution in [0.25, 0.3) is 11.5 Å². The van der Waals surface area contributed by atoms with E-state index in [1.165, 1.54) is 6.08 Å². The number of aldehydes is 1. The third-order valence-corrected chi connectivity index (χ3v) is 4.19. The molecule has 0 aliphatic rings. The summed E-state index contributed by atoms with van der Waals surface area (Å²) in [5.74, 6) is 1.87. The van der Waals surface area contributed by atoms with E-state index in [9.17, 15) is 9.18 Å². The largest absolute Gasteiger partial charge is 0.334 e. The number of carbonyl (C=O) groups is 1. The maximum Gasteiger partial charge on any atom is 0.257 e. The Balaban J connectivity index is 0. The number of carbonyl (C=O) groups excluding carboxylic acids is 1. The molecule has 5 nitrogen and oxygen atoms in total. The van der Waals surface area contributed by atoms with E-state index in [0.717, 1.165) is 55.5 Å². The van der Waals surface area contributed by atoms with Gasteiger partial charge in [-0.2, -0.15) is 4.98 Å². The van der Waals surface area contributed by atoms with Gasteiger partial charge in [-0.05, 0) is 64.4 Å². The predicted molar refractivity (Wildman–Crippen MR) is 134 cm³/mol. The average molecular weight is 448 g/mol. The number of hydrogen-bond donors (Lipinski definition) is 1. The fraction of sp³-hybridized carbons (Fsp3) is 0.500. The number of benzene rings is 1. The van der Waals surface area contributed by atoms with Crippen LogP contribution in [0.3, 0.4) is 0 Å². The van der Waals surface area contributed by atoms with Crippen LogP contribution in [0, 0.1) is 0 Å². The van der Waals surface area contributed by atoms with Crippen LogP contribution in [0.4, 0.5) is 4.39 Å². The summed E-state index contributed by atoms with van der Waals surface area (Å²) < 4.78 is 16.0. The Labute approximate surface area is 194 Å². The number of alkyl halides is 1. The van der Waals surface area contributed by atoms with Gasteiger partial charge in [-0.15, -0.1) is 6.58 Å². The van der Waals surface area contributed by atoms with Crippen molar-refractivity contribution < 1.29 is 13.7 Å². The van der Waals surface area contributed by atoms with Crippen molar-refractivity contribution in [2.75, 3.05) is 20.3 Å². The van der Waals surface area contributed by atoms with Gasteiger partial charge in [-0.3, -0.25) is 4.79 Å². The van der Waals surface area contributed by atoms with E-state index in [2.05, 4.69) is 29.0 Å². The minimum Gasteiger partial charge on any atom is -0.334 e. The predicted octanol–water partition coefficient (Wildman–Crippen LogP) is 6.94. The van der Waals surface area contributed by atoms with Crippen molar-refractivity contribution in [3.63, 3.8) is 0 Å². The zero-order chi connectivity index (χ0) is 24.6. The lowest BCUT2D eigenvalue weighted by Crippen LogP contribution is -2.10. The Morgan fingerprint density at radius 2 is 1.88 bits per heavy atom. The molecule has 1 aromatic heterocycles. The summed E-state index contributed by atoms with van der Waals surface area (Å²) in [7, 11) is 1.98. The quantitative estimate of drug-likeness (QED) is 0.185. The van der Waals surface area contributed by atoms with Crippen LogP contribution in [-0.4, -0.2) is 36.7 Å². The lowest BCUT2D eigenvalue weighted by molar-refractivity contribution is -0.104. The zero-order valence-electron chi connectivity index (χ0n) is 20.7. The molecule has 0 saturated carbocycles. The molecule has 1 N–H and O–H groups in total. The van der Waals surface area contributed by atoms with Gasteiger partial charge in [0.15, 0.2) is 5.82 Å². The highest BCUT2D eigenvalue weighted by molar-refractivity contribution is 5.71. The summed E-state index contributed by atoms with van der Waals surface area (Å²) in [5.41, 5.74) is 1.77. The first-order chi connectivity index (χ1) is 15.6. The smallest absolute Gasteiger partial charge is 0.257 e. The second-order valence-corrected chi connectivity index (χ2v) is 6.65. The van der Waals surface area contributed by atoms with Crippen molar-refractivity contribution in [3.05, 3.63) is 60.5 Å². The van der Waals surface area contributed by atoms with Crippen molar-refractivity contribution in [1.82, 2.24) is 15.5 Å². The monoisotopic (exact) mass is 447 g/mol. The number of nitrogens with zero attached hydrogens (tertiary/aromatic N) is 2. The molecule has 0 radical (unpaired) electrons. The summed E-state index contributed by atoms with van der Waals surface area (Å²) in [5, 5.41) is 7.37. The standard InChI is InChI=1S/C16H23N3O.C5H8O.C3H5F.C2H6/c1-3-8-13(11-7-12-17-2)15-18-16(20-19-15)14-9-5-4-6-10-14;1-3-5(2)4-6;1-2-3-4;1-2/h4-6,9-10,13,17H,3,7-8,11-12H2,1-2H3;3-4H,1-2H3;2H,1,3H2;1-2H3/b;5-3+;;. The van der Waals surface area contributed by atoms with Crippen molar-refractivity contribution in [2.45, 2.75) is 66.2 Å². The third-order valence-electron chi connectivity index (χ3n) is 4.19. The van der Waals surface area contributed by atoms with E-state index in [0.29, 0.717) is 11.8 Å². The molecule has 1 aromatic carbocycles. The molecule has 0 aliphatic carbocycles. The summed E-state index contributed by atoms with van der Waals surface area (Å²) in [6, 6.07) is 9.93. The number of allylic oxidation sites excluding steroid dienone is 3. The molecule has 32 heavy (non-hydrogen) atoms. The molecule has 0 spiro atoms. The topological polar surface area (TPSA) is 68.0 Å². The van der Waals surface area contributed by atoms with E-state index >= 15 is 0 Å². The fourth-order valence-corrected chi connectivity index (χ4v) is 2.44. The molecule has 2 rings (SSSR count). The van der Waals surface area contributed by atoms with Crippen LogP contribution in [0.15, 0.2) is 59.2 Å². The minimum absolute atomic E-state index is 0.398. The summed E-state index contributed by atoms with van der Waals surface area (Å²) in [6.45, 7) is 13.5. The van der Waals surface area contributed by atoms with E-state index in [1.807, 2.05) is 58.2 Å². The molecule has 2 aromatic rings. The molecule has 0 amide bonds. The molecule has 0 bridgehead atoms. The molecule has 0 saturated heterocycles. The first kappa shape index (κ1) is 31.6. The highest BCUT2D eigenvalue weighted by Crippen LogP contribution is 2.26. The third kappa shape index (κ3) is 15.2. The van der Waals surface area contributed by atoms with Gasteiger partial charge in [0, 0.05) is 11.5 Å². The van der Waals surface area contributed by atoms with Gasteiger partial charge in [0.05, 0.1) is 0 Å². The van der Waals surface area contributed by atoms with Gasteiger partial charge in [0.25, 0.3) is 5.89 Å². The van der Waals surface area contributed by atoms with Gasteiger partial charge in [0.1, 0.15) is 13.0 Å². The number of aromatic nitrogens is 2. The molecule has 1 heterocycles. The Bertz CT molecular complexity index is 715. The van der Waals surface area contributed by atoms with Crippen LogP contribution < -0.4 is 5.32 Å². The fourth-order valence-electron chi connectivity index (χ4n) is 2.44. The number of rotatable bonds is 10. The molecule has 180 valence electrons. The second kappa shape index (κ2) is 23.1. The summed E-state index contributed by atoms with van der Waals surface area (Å²) in [6.07, 6.45) is 8.29. The molecular formula is C26H42FN3O2. The van der Waals surface area contributed by atoms with Crippen LogP contribution in [-0.2, 0) is 4.79 Å². The Morgan fingerprint density at radius 3 is 2.31 bits per heavy atom. The van der Waals surface area contributed by atoms with Gasteiger partial charge in [-0.25, -0.2) is 4.39 Å². The summed E-state index contributed by atoms with van der Waals surface area (Å²) in [4.78, 5) is 14.2. The average Bonchev–Trinajstić information content (AvgIpc) is 3.35. The Hall–Kier alpha value is -2.60. The summed E-state index contributed by atoms with van der Waals surface area (Å²) >= 11 is 0. The molecule has 1 unspecified atom stereocenters. The SMILES string of the molecule is C/C=C(\C)C=O.C=CCF.CC.CCCC(CCCNC)c1noc(-c2ccccc2)n1. The van der Waals surface area contributed by atoms with Crippen molar-refractivity contribution in [2.24, 2.45) is 0 Å². The molecule has 1 atom stereocenters. The van der Waals surface area contributed by atoms with Gasteiger partial charge in [-0.1, -0.05) is 62.7 Å². The number of halogens is 1. The van der Waals surface area contributed by atoms with Gasteiger partial charge < -0.3 is 9.84 Å². The molecule has 6 heteroatoms. The highest BCUT2D eigenvalue weighted by atomic mass is 19.1. The van der Waals surface area contributed by atoms with Crippen molar-refractivity contribution in [3.8, 4) is 11.5 Å². The Kier molecular flexibility index (Phi) is 22.8. The maximum atomic E-state index is 10.6.